The standard InChI is InChI=1S/C19H16ClN3O/c20-16-8-4-3-7-15(16)17-11-18(22-21-17)19(24)23-10-9-13-5-1-2-6-14(13)12-23/h1-8,11H,9-10,12H2,(H,21,22). The summed E-state index contributed by atoms with van der Waals surface area (Å²) >= 11 is 6.20. The highest BCUT2D eigenvalue weighted by atomic mass is 35.5. The van der Waals surface area contributed by atoms with Crippen molar-refractivity contribution in [1.82, 2.24) is 15.1 Å². The minimum Gasteiger partial charge on any atom is -0.333 e. The first-order valence-electron chi connectivity index (χ1n) is 7.89. The van der Waals surface area contributed by atoms with Crippen LogP contribution in [-0.4, -0.2) is 27.5 Å². The molecule has 1 aliphatic heterocycles. The van der Waals surface area contributed by atoms with E-state index >= 15 is 0 Å². The first-order valence-corrected chi connectivity index (χ1v) is 8.26. The van der Waals surface area contributed by atoms with Gasteiger partial charge in [0.2, 0.25) is 0 Å². The van der Waals surface area contributed by atoms with Crippen molar-refractivity contribution >= 4 is 17.5 Å². The van der Waals surface area contributed by atoms with Crippen LogP contribution in [0.15, 0.2) is 54.6 Å². The number of rotatable bonds is 2. The van der Waals surface area contributed by atoms with Crippen molar-refractivity contribution in [3.8, 4) is 11.3 Å². The van der Waals surface area contributed by atoms with Crippen LogP contribution in [-0.2, 0) is 13.0 Å². The zero-order valence-electron chi connectivity index (χ0n) is 13.0. The highest BCUT2D eigenvalue weighted by molar-refractivity contribution is 6.33. The molecule has 24 heavy (non-hydrogen) atoms. The average molecular weight is 338 g/mol. The van der Waals surface area contributed by atoms with Gasteiger partial charge in [-0.15, -0.1) is 0 Å². The van der Waals surface area contributed by atoms with Gasteiger partial charge < -0.3 is 4.90 Å². The van der Waals surface area contributed by atoms with Crippen LogP contribution in [0.3, 0.4) is 0 Å². The highest BCUT2D eigenvalue weighted by Crippen LogP contribution is 2.27. The number of carbonyl (C=O) groups excluding carboxylic acids is 1. The molecule has 0 radical (unpaired) electrons. The Kier molecular flexibility index (Phi) is 3.82. The SMILES string of the molecule is O=C(c1cc(-c2ccccc2Cl)n[nH]1)N1CCc2ccccc2C1. The summed E-state index contributed by atoms with van der Waals surface area (Å²) in [5, 5.41) is 7.72. The van der Waals surface area contributed by atoms with E-state index in [0.717, 1.165) is 18.5 Å². The summed E-state index contributed by atoms with van der Waals surface area (Å²) in [5.41, 5.74) is 4.52. The molecule has 1 aromatic heterocycles. The number of carbonyl (C=O) groups is 1. The van der Waals surface area contributed by atoms with Crippen molar-refractivity contribution in [1.29, 1.82) is 0 Å². The van der Waals surface area contributed by atoms with Gasteiger partial charge in [0.25, 0.3) is 5.91 Å². The van der Waals surface area contributed by atoms with Gasteiger partial charge in [-0.05, 0) is 29.7 Å². The number of halogens is 1. The van der Waals surface area contributed by atoms with Gasteiger partial charge in [-0.3, -0.25) is 9.89 Å². The summed E-state index contributed by atoms with van der Waals surface area (Å²) < 4.78 is 0. The molecular weight excluding hydrogens is 322 g/mol. The molecule has 1 N–H and O–H groups in total. The summed E-state index contributed by atoms with van der Waals surface area (Å²) in [6.45, 7) is 1.35. The minimum absolute atomic E-state index is 0.0321. The van der Waals surface area contributed by atoms with E-state index < -0.39 is 0 Å². The van der Waals surface area contributed by atoms with E-state index in [1.807, 2.05) is 41.3 Å². The highest BCUT2D eigenvalue weighted by Gasteiger charge is 2.23. The molecule has 0 atom stereocenters. The molecule has 4 nitrogen and oxygen atoms in total. The first kappa shape index (κ1) is 15.0. The molecule has 0 spiro atoms. The molecular formula is C19H16ClN3O. The van der Waals surface area contributed by atoms with E-state index in [-0.39, 0.29) is 5.91 Å². The summed E-state index contributed by atoms with van der Waals surface area (Å²) in [6.07, 6.45) is 0.882. The zero-order valence-corrected chi connectivity index (χ0v) is 13.8. The molecule has 0 unspecified atom stereocenters. The fraction of sp³-hybridized carbons (Fsp3) is 0.158. The fourth-order valence-electron chi connectivity index (χ4n) is 3.08. The van der Waals surface area contributed by atoms with Crippen LogP contribution in [0.2, 0.25) is 5.02 Å². The van der Waals surface area contributed by atoms with Gasteiger partial charge >= 0.3 is 0 Å². The number of fused-ring (bicyclic) bond motifs is 1. The number of hydrogen-bond donors (Lipinski definition) is 1. The Morgan fingerprint density at radius 2 is 1.83 bits per heavy atom. The lowest BCUT2D eigenvalue weighted by Crippen LogP contribution is -2.36. The molecule has 0 aliphatic carbocycles. The second kappa shape index (κ2) is 6.13. The molecule has 0 saturated heterocycles. The van der Waals surface area contributed by atoms with E-state index in [4.69, 9.17) is 11.6 Å². The maximum absolute atomic E-state index is 12.8. The maximum Gasteiger partial charge on any atom is 0.272 e. The fourth-order valence-corrected chi connectivity index (χ4v) is 3.31. The van der Waals surface area contributed by atoms with E-state index in [9.17, 15) is 4.79 Å². The lowest BCUT2D eigenvalue weighted by molar-refractivity contribution is 0.0728. The molecule has 1 aliphatic rings. The monoisotopic (exact) mass is 337 g/mol. The number of nitrogens with one attached hydrogen (secondary N) is 1. The van der Waals surface area contributed by atoms with Crippen molar-refractivity contribution < 1.29 is 4.79 Å². The Labute approximate surface area is 145 Å². The van der Waals surface area contributed by atoms with Crippen molar-refractivity contribution in [2.24, 2.45) is 0 Å². The third kappa shape index (κ3) is 2.69. The summed E-state index contributed by atoms with van der Waals surface area (Å²) in [4.78, 5) is 14.6. The number of amides is 1. The molecule has 0 saturated carbocycles. The predicted octanol–water partition coefficient (Wildman–Crippen LogP) is 3.93. The van der Waals surface area contributed by atoms with E-state index in [1.54, 1.807) is 6.07 Å². The molecule has 1 amide bonds. The largest absolute Gasteiger partial charge is 0.333 e. The number of aromatic nitrogens is 2. The third-order valence-electron chi connectivity index (χ3n) is 4.38. The zero-order chi connectivity index (χ0) is 16.5. The van der Waals surface area contributed by atoms with E-state index in [1.165, 1.54) is 11.1 Å². The van der Waals surface area contributed by atoms with Gasteiger partial charge in [-0.25, -0.2) is 0 Å². The molecule has 4 rings (SSSR count). The number of hydrogen-bond acceptors (Lipinski definition) is 2. The van der Waals surface area contributed by atoms with Gasteiger partial charge in [0.1, 0.15) is 5.69 Å². The number of benzene rings is 2. The Hall–Kier alpha value is -2.59. The predicted molar refractivity (Wildman–Crippen MR) is 93.9 cm³/mol. The first-order chi connectivity index (χ1) is 11.7. The Bertz CT molecular complexity index is 903. The van der Waals surface area contributed by atoms with Gasteiger partial charge in [-0.1, -0.05) is 54.1 Å². The molecule has 5 heteroatoms. The van der Waals surface area contributed by atoms with E-state index in [0.29, 0.717) is 23.0 Å². The third-order valence-corrected chi connectivity index (χ3v) is 4.71. The molecule has 2 aromatic carbocycles. The molecule has 120 valence electrons. The van der Waals surface area contributed by atoms with Crippen LogP contribution >= 0.6 is 11.6 Å². The normalized spacial score (nSPS) is 13.6. The average Bonchev–Trinajstić information content (AvgIpc) is 3.11. The van der Waals surface area contributed by atoms with Crippen molar-refractivity contribution in [2.75, 3.05) is 6.54 Å². The van der Waals surface area contributed by atoms with Crippen LogP contribution in [0, 0.1) is 0 Å². The van der Waals surface area contributed by atoms with Crippen molar-refractivity contribution in [3.05, 3.63) is 76.4 Å². The molecule has 0 fully saturated rings. The second-order valence-corrected chi connectivity index (χ2v) is 6.30. The Morgan fingerprint density at radius 1 is 1.08 bits per heavy atom. The van der Waals surface area contributed by atoms with Crippen LogP contribution in [0.25, 0.3) is 11.3 Å². The Morgan fingerprint density at radius 3 is 2.67 bits per heavy atom. The van der Waals surface area contributed by atoms with Crippen molar-refractivity contribution in [3.63, 3.8) is 0 Å². The molecule has 2 heterocycles. The van der Waals surface area contributed by atoms with Crippen LogP contribution in [0.1, 0.15) is 21.6 Å². The summed E-state index contributed by atoms with van der Waals surface area (Å²) in [5.74, 6) is -0.0321. The second-order valence-electron chi connectivity index (χ2n) is 5.89. The number of nitrogens with zero attached hydrogens (tertiary/aromatic N) is 2. The van der Waals surface area contributed by atoms with Crippen molar-refractivity contribution in [2.45, 2.75) is 13.0 Å². The number of aromatic amines is 1. The van der Waals surface area contributed by atoms with Gasteiger partial charge in [-0.2, -0.15) is 5.10 Å². The molecule has 0 bridgehead atoms. The van der Waals surface area contributed by atoms with Crippen LogP contribution in [0.4, 0.5) is 0 Å². The van der Waals surface area contributed by atoms with Gasteiger partial charge in [0.05, 0.1) is 10.7 Å². The van der Waals surface area contributed by atoms with E-state index in [2.05, 4.69) is 22.3 Å². The van der Waals surface area contributed by atoms with Gasteiger partial charge in [0.15, 0.2) is 0 Å². The Balaban J connectivity index is 1.57. The van der Waals surface area contributed by atoms with Crippen LogP contribution < -0.4 is 0 Å². The smallest absolute Gasteiger partial charge is 0.272 e. The quantitative estimate of drug-likeness (QED) is 0.770. The van der Waals surface area contributed by atoms with Crippen LogP contribution in [0.5, 0.6) is 0 Å². The summed E-state index contributed by atoms with van der Waals surface area (Å²) in [7, 11) is 0. The summed E-state index contributed by atoms with van der Waals surface area (Å²) in [6, 6.07) is 17.5. The topological polar surface area (TPSA) is 49.0 Å². The minimum atomic E-state index is -0.0321. The maximum atomic E-state index is 12.8. The lowest BCUT2D eigenvalue weighted by Gasteiger charge is -2.28. The lowest BCUT2D eigenvalue weighted by atomic mass is 10.00. The van der Waals surface area contributed by atoms with Gasteiger partial charge in [0, 0.05) is 18.7 Å². The number of H-pyrrole nitrogens is 1. The molecule has 3 aromatic rings.